The van der Waals surface area contributed by atoms with E-state index in [-0.39, 0.29) is 17.3 Å². The van der Waals surface area contributed by atoms with Gasteiger partial charge in [-0.25, -0.2) is 0 Å². The molecule has 0 spiro atoms. The number of nitrogens with one attached hydrogen (secondary N) is 2. The second kappa shape index (κ2) is 9.96. The van der Waals surface area contributed by atoms with E-state index in [2.05, 4.69) is 41.9 Å². The minimum absolute atomic E-state index is 0.132. The zero-order valence-corrected chi connectivity index (χ0v) is 19.5. The Labute approximate surface area is 193 Å². The van der Waals surface area contributed by atoms with Crippen LogP contribution in [0.25, 0.3) is 0 Å². The van der Waals surface area contributed by atoms with Crippen molar-refractivity contribution in [3.05, 3.63) is 85.3 Å². The average molecular weight is 553 g/mol. The van der Waals surface area contributed by atoms with Crippen molar-refractivity contribution in [2.24, 2.45) is 0 Å². The van der Waals surface area contributed by atoms with Crippen molar-refractivity contribution in [1.29, 1.82) is 0 Å². The Bertz CT molecular complexity index is 1110. The molecule has 0 aliphatic rings. The highest BCUT2D eigenvalue weighted by atomic mass is 79.9. The lowest BCUT2D eigenvalue weighted by Gasteiger charge is -2.13. The summed E-state index contributed by atoms with van der Waals surface area (Å²) in [5.74, 6) is -0.111. The number of anilines is 2. The van der Waals surface area contributed by atoms with Crippen LogP contribution in [0.15, 0.2) is 74.5 Å². The first-order valence-corrected chi connectivity index (χ1v) is 10.9. The molecule has 0 atom stereocenters. The number of nitrogens with zero attached hydrogens (tertiary/aromatic N) is 1. The minimum atomic E-state index is -0.501. The molecule has 3 rings (SSSR count). The molecule has 2 N–H and O–H groups in total. The summed E-state index contributed by atoms with van der Waals surface area (Å²) in [6.45, 7) is 0. The summed E-state index contributed by atoms with van der Waals surface area (Å²) in [6, 6.07) is 17.2. The molecule has 154 valence electrons. The number of carbonyl (C=O) groups excluding carboxylic acids is 1. The predicted octanol–water partition coefficient (Wildman–Crippen LogP) is 6.50. The lowest BCUT2D eigenvalue weighted by Crippen LogP contribution is -2.13. The number of rotatable bonds is 7. The van der Waals surface area contributed by atoms with Crippen LogP contribution in [0, 0.1) is 10.1 Å². The fourth-order valence-corrected chi connectivity index (χ4v) is 4.02. The fourth-order valence-electron chi connectivity index (χ4n) is 2.55. The number of nitro groups is 1. The maximum absolute atomic E-state index is 12.8. The third-order valence-electron chi connectivity index (χ3n) is 3.93. The Morgan fingerprint density at radius 2 is 1.83 bits per heavy atom. The first kappa shape index (κ1) is 22.1. The zero-order valence-electron chi connectivity index (χ0n) is 15.5. The molecule has 0 fully saturated rings. The van der Waals surface area contributed by atoms with Crippen LogP contribution in [0.4, 0.5) is 17.1 Å². The van der Waals surface area contributed by atoms with Gasteiger partial charge in [0, 0.05) is 25.6 Å². The van der Waals surface area contributed by atoms with Gasteiger partial charge in [-0.1, -0.05) is 37.9 Å². The van der Waals surface area contributed by atoms with Crippen LogP contribution in [0.2, 0.25) is 0 Å². The van der Waals surface area contributed by atoms with Crippen LogP contribution in [-0.4, -0.2) is 17.9 Å². The van der Waals surface area contributed by atoms with Gasteiger partial charge < -0.3 is 14.8 Å². The Balaban J connectivity index is 1.81. The van der Waals surface area contributed by atoms with Gasteiger partial charge in [-0.3, -0.25) is 14.9 Å². The van der Waals surface area contributed by atoms with Crippen molar-refractivity contribution < 1.29 is 14.5 Å². The van der Waals surface area contributed by atoms with E-state index >= 15 is 0 Å². The summed E-state index contributed by atoms with van der Waals surface area (Å²) in [5.41, 5.74) is 1.50. The van der Waals surface area contributed by atoms with E-state index < -0.39 is 4.92 Å². The van der Waals surface area contributed by atoms with Crippen LogP contribution in [0.3, 0.4) is 0 Å². The van der Waals surface area contributed by atoms with Gasteiger partial charge in [-0.05, 0) is 60.5 Å². The Morgan fingerprint density at radius 1 is 1.07 bits per heavy atom. The van der Waals surface area contributed by atoms with E-state index in [0.717, 1.165) is 20.9 Å². The average Bonchev–Trinajstić information content (AvgIpc) is 2.72. The maximum atomic E-state index is 12.8. The monoisotopic (exact) mass is 551 g/mol. The fraction of sp³-hybridized carbons (Fsp3) is 0.0500. The molecule has 0 aliphatic heterocycles. The van der Waals surface area contributed by atoms with Crippen molar-refractivity contribution >= 4 is 66.8 Å². The highest BCUT2D eigenvalue weighted by molar-refractivity contribution is 9.10. The lowest BCUT2D eigenvalue weighted by molar-refractivity contribution is -0.386. The molecule has 0 aliphatic carbocycles. The number of benzene rings is 3. The van der Waals surface area contributed by atoms with Gasteiger partial charge in [0.15, 0.2) is 5.75 Å². The number of amides is 1. The molecule has 3 aromatic rings. The van der Waals surface area contributed by atoms with Crippen molar-refractivity contribution in [3.63, 3.8) is 0 Å². The molecule has 3 aromatic carbocycles. The van der Waals surface area contributed by atoms with Gasteiger partial charge in [0.2, 0.25) is 0 Å². The van der Waals surface area contributed by atoms with Crippen LogP contribution < -0.4 is 14.8 Å². The first-order chi connectivity index (χ1) is 14.4. The zero-order chi connectivity index (χ0) is 21.7. The van der Waals surface area contributed by atoms with Gasteiger partial charge >= 0.3 is 5.69 Å². The summed E-state index contributed by atoms with van der Waals surface area (Å²) in [7, 11) is 1.38. The van der Waals surface area contributed by atoms with E-state index in [9.17, 15) is 14.9 Å². The van der Waals surface area contributed by atoms with E-state index in [1.165, 1.54) is 19.2 Å². The van der Waals surface area contributed by atoms with Crippen LogP contribution in [0.5, 0.6) is 5.75 Å². The molecule has 0 bridgehead atoms. The molecule has 0 radical (unpaired) electrons. The molecule has 0 unspecified atom stereocenters. The normalized spacial score (nSPS) is 10.4. The molecule has 0 saturated carbocycles. The highest BCUT2D eigenvalue weighted by Crippen LogP contribution is 2.33. The van der Waals surface area contributed by atoms with Crippen molar-refractivity contribution in [2.45, 2.75) is 4.90 Å². The Hall–Kier alpha value is -2.56. The van der Waals surface area contributed by atoms with Crippen LogP contribution >= 0.6 is 43.8 Å². The largest absolute Gasteiger partial charge is 0.490 e. The van der Waals surface area contributed by atoms with Crippen molar-refractivity contribution in [1.82, 2.24) is 0 Å². The SMILES string of the molecule is COc1ccc(SNc2ccc(Br)cc2C(=O)Nc2cccc(Br)c2)cc1[N+](=O)[O-]. The topological polar surface area (TPSA) is 93.5 Å². The molecule has 1 amide bonds. The van der Waals surface area contributed by atoms with E-state index in [4.69, 9.17) is 4.74 Å². The number of ether oxygens (including phenoxy) is 1. The van der Waals surface area contributed by atoms with Gasteiger partial charge in [-0.15, -0.1) is 0 Å². The Morgan fingerprint density at radius 3 is 2.53 bits per heavy atom. The third kappa shape index (κ3) is 5.53. The first-order valence-electron chi connectivity index (χ1n) is 8.49. The Kier molecular flexibility index (Phi) is 7.35. The summed E-state index contributed by atoms with van der Waals surface area (Å²) in [4.78, 5) is 24.2. The molecule has 30 heavy (non-hydrogen) atoms. The standard InChI is InChI=1S/C20H15Br2N3O4S/c1-29-19-8-6-15(11-18(19)25(27)28)30-24-17-7-5-13(22)10-16(17)20(26)23-14-4-2-3-12(21)9-14/h2-11,24H,1H3,(H,23,26). The quantitative estimate of drug-likeness (QED) is 0.197. The van der Waals surface area contributed by atoms with Crippen molar-refractivity contribution in [3.8, 4) is 5.75 Å². The summed E-state index contributed by atoms with van der Waals surface area (Å²) in [5, 5.41) is 14.1. The summed E-state index contributed by atoms with van der Waals surface area (Å²) in [6.07, 6.45) is 0. The lowest BCUT2D eigenvalue weighted by atomic mass is 10.1. The second-order valence-corrected chi connectivity index (χ2v) is 8.66. The summed E-state index contributed by atoms with van der Waals surface area (Å²) < 4.78 is 9.72. The molecular weight excluding hydrogens is 538 g/mol. The van der Waals surface area contributed by atoms with E-state index in [1.807, 2.05) is 12.1 Å². The smallest absolute Gasteiger partial charge is 0.312 e. The number of methoxy groups -OCH3 is 1. The summed E-state index contributed by atoms with van der Waals surface area (Å²) >= 11 is 7.93. The van der Waals surface area contributed by atoms with Gasteiger partial charge in [0.1, 0.15) is 0 Å². The number of hydrogen-bond donors (Lipinski definition) is 2. The van der Waals surface area contributed by atoms with E-state index in [0.29, 0.717) is 21.8 Å². The number of carbonyl (C=O) groups is 1. The number of nitro benzene ring substituents is 1. The van der Waals surface area contributed by atoms with Crippen LogP contribution in [0.1, 0.15) is 10.4 Å². The van der Waals surface area contributed by atoms with E-state index in [1.54, 1.807) is 36.4 Å². The van der Waals surface area contributed by atoms with Gasteiger partial charge in [0.05, 0.1) is 23.3 Å². The minimum Gasteiger partial charge on any atom is -0.490 e. The number of halogens is 2. The van der Waals surface area contributed by atoms with Crippen molar-refractivity contribution in [2.75, 3.05) is 17.1 Å². The van der Waals surface area contributed by atoms with Gasteiger partial charge in [-0.2, -0.15) is 0 Å². The molecular formula is C20H15Br2N3O4S. The van der Waals surface area contributed by atoms with Crippen LogP contribution in [-0.2, 0) is 0 Å². The molecule has 10 heteroatoms. The number of hydrogen-bond acceptors (Lipinski definition) is 6. The molecule has 7 nitrogen and oxygen atoms in total. The molecule has 0 aromatic heterocycles. The molecule has 0 saturated heterocycles. The second-order valence-electron chi connectivity index (χ2n) is 5.95. The predicted molar refractivity (Wildman–Crippen MR) is 125 cm³/mol. The third-order valence-corrected chi connectivity index (χ3v) is 5.73. The van der Waals surface area contributed by atoms with Gasteiger partial charge in [0.25, 0.3) is 5.91 Å². The molecule has 0 heterocycles. The maximum Gasteiger partial charge on any atom is 0.312 e. The highest BCUT2D eigenvalue weighted by Gasteiger charge is 2.17.